The Morgan fingerprint density at radius 2 is 2.03 bits per heavy atom. The Kier molecular flexibility index (Phi) is 6.58. The zero-order chi connectivity index (χ0) is 26.1. The van der Waals surface area contributed by atoms with E-state index in [-0.39, 0.29) is 24.6 Å². The van der Waals surface area contributed by atoms with Gasteiger partial charge in [-0.25, -0.2) is 4.98 Å². The summed E-state index contributed by atoms with van der Waals surface area (Å²) in [6.45, 7) is 0. The first-order valence-electron chi connectivity index (χ1n) is 11.4. The van der Waals surface area contributed by atoms with E-state index in [0.717, 1.165) is 8.96 Å². The number of anilines is 2. The molecule has 1 aliphatic rings. The van der Waals surface area contributed by atoms with Gasteiger partial charge < -0.3 is 5.73 Å². The molecule has 0 spiro atoms. The minimum Gasteiger partial charge on any atom is -0.368 e. The Labute approximate surface area is 225 Å². The number of hydrogen-bond acceptors (Lipinski definition) is 6. The molecule has 3 N–H and O–H groups in total. The number of amides is 3. The normalized spacial score (nSPS) is 15.9. The van der Waals surface area contributed by atoms with Crippen LogP contribution in [0, 0.1) is 14.9 Å². The number of rotatable bonds is 6. The number of H-pyrrole nitrogens is 1. The summed E-state index contributed by atoms with van der Waals surface area (Å²) in [6.07, 6.45) is 3.41. The Hall–Kier alpha value is -4.31. The van der Waals surface area contributed by atoms with E-state index in [2.05, 4.69) is 37.8 Å². The number of halogens is 1. The first-order valence-corrected chi connectivity index (χ1v) is 12.4. The van der Waals surface area contributed by atoms with Crippen molar-refractivity contribution in [3.63, 3.8) is 0 Å². The molecule has 0 saturated carbocycles. The minimum absolute atomic E-state index is 0.117. The van der Waals surface area contributed by atoms with Crippen molar-refractivity contribution in [2.75, 3.05) is 9.80 Å². The van der Waals surface area contributed by atoms with Gasteiger partial charge >= 0.3 is 0 Å². The number of nitrogens with two attached hydrogens (primary N) is 1. The van der Waals surface area contributed by atoms with Gasteiger partial charge in [0.05, 0.1) is 23.3 Å². The van der Waals surface area contributed by atoms with Gasteiger partial charge in [-0.1, -0.05) is 18.2 Å². The highest BCUT2D eigenvalue weighted by Crippen LogP contribution is 2.35. The van der Waals surface area contributed by atoms with Crippen LogP contribution in [0.3, 0.4) is 0 Å². The number of carbonyl (C=O) groups is 3. The molecule has 2 aromatic heterocycles. The Balaban J connectivity index is 1.65. The van der Waals surface area contributed by atoms with Crippen LogP contribution in [0.25, 0.3) is 10.9 Å². The maximum Gasteiger partial charge on any atom is 0.251 e. The van der Waals surface area contributed by atoms with Gasteiger partial charge in [-0.15, -0.1) is 0 Å². The Morgan fingerprint density at radius 3 is 2.78 bits per heavy atom. The fourth-order valence-corrected chi connectivity index (χ4v) is 5.26. The molecule has 1 aliphatic heterocycles. The van der Waals surface area contributed by atoms with E-state index in [0.29, 0.717) is 22.3 Å². The van der Waals surface area contributed by atoms with Crippen molar-refractivity contribution in [3.05, 3.63) is 81.7 Å². The predicted octanol–water partition coefficient (Wildman–Crippen LogP) is 3.19. The zero-order valence-corrected chi connectivity index (χ0v) is 21.5. The SMILES string of the molecule is N#Cc1ccnc(N2C(=O)CC[C@H]2C(=O)N(c2ccc3cn[nH]c3c2)[C@H](C(N)=O)c2ccccc2I)c1. The van der Waals surface area contributed by atoms with Crippen LogP contribution in [0.5, 0.6) is 0 Å². The van der Waals surface area contributed by atoms with E-state index in [1.54, 1.807) is 36.5 Å². The number of primary amides is 1. The highest BCUT2D eigenvalue weighted by Gasteiger charge is 2.43. The predicted molar refractivity (Wildman–Crippen MR) is 144 cm³/mol. The number of nitriles is 1. The summed E-state index contributed by atoms with van der Waals surface area (Å²) in [6, 6.07) is 15.3. The van der Waals surface area contributed by atoms with E-state index in [1.165, 1.54) is 28.1 Å². The van der Waals surface area contributed by atoms with Gasteiger partial charge in [-0.3, -0.25) is 29.3 Å². The van der Waals surface area contributed by atoms with Gasteiger partial charge in [-0.05, 0) is 71.0 Å². The van der Waals surface area contributed by atoms with E-state index in [1.807, 2.05) is 18.2 Å². The van der Waals surface area contributed by atoms with Gasteiger partial charge in [0.15, 0.2) is 0 Å². The van der Waals surface area contributed by atoms with E-state index in [9.17, 15) is 19.6 Å². The fraction of sp³-hybridized carbons (Fsp3) is 0.154. The number of aromatic nitrogens is 3. The van der Waals surface area contributed by atoms with E-state index >= 15 is 0 Å². The average molecular weight is 605 g/mol. The van der Waals surface area contributed by atoms with Crippen molar-refractivity contribution >= 4 is 62.7 Å². The molecule has 37 heavy (non-hydrogen) atoms. The summed E-state index contributed by atoms with van der Waals surface area (Å²) >= 11 is 2.10. The van der Waals surface area contributed by atoms with Crippen molar-refractivity contribution < 1.29 is 14.4 Å². The van der Waals surface area contributed by atoms with Gasteiger partial charge in [0.25, 0.3) is 5.91 Å². The van der Waals surface area contributed by atoms with Crippen LogP contribution in [0.2, 0.25) is 0 Å². The summed E-state index contributed by atoms with van der Waals surface area (Å²) in [5, 5.41) is 17.1. The molecule has 11 heteroatoms. The topological polar surface area (TPSA) is 149 Å². The van der Waals surface area contributed by atoms with Gasteiger partial charge in [0.1, 0.15) is 17.9 Å². The smallest absolute Gasteiger partial charge is 0.251 e. The van der Waals surface area contributed by atoms with Crippen molar-refractivity contribution in [2.24, 2.45) is 5.73 Å². The third-order valence-corrected chi connectivity index (χ3v) is 7.27. The molecule has 10 nitrogen and oxygen atoms in total. The lowest BCUT2D eigenvalue weighted by Crippen LogP contribution is -2.51. The molecular formula is C26H20IN7O3. The van der Waals surface area contributed by atoms with Crippen LogP contribution in [0.4, 0.5) is 11.5 Å². The molecular weight excluding hydrogens is 585 g/mol. The second-order valence-corrected chi connectivity index (χ2v) is 9.67. The monoisotopic (exact) mass is 605 g/mol. The number of fused-ring (bicyclic) bond motifs is 1. The lowest BCUT2D eigenvalue weighted by Gasteiger charge is -2.35. The van der Waals surface area contributed by atoms with Crippen LogP contribution in [-0.4, -0.2) is 38.9 Å². The Bertz CT molecular complexity index is 1580. The highest BCUT2D eigenvalue weighted by atomic mass is 127. The Morgan fingerprint density at radius 1 is 1.22 bits per heavy atom. The number of carbonyl (C=O) groups excluding carboxylic acids is 3. The molecule has 0 radical (unpaired) electrons. The van der Waals surface area contributed by atoms with E-state index in [4.69, 9.17) is 5.73 Å². The standard InChI is InChI=1S/C26H20IN7O3/c27-19-4-2-1-3-18(19)24(25(29)36)33(17-6-5-16-14-31-32-20(16)12-17)26(37)21-7-8-23(35)34(21)22-11-15(13-28)9-10-30-22/h1-6,9-12,14,21,24H,7-8H2,(H2,29,36)(H,31,32)/t21-,24-/m0/s1. The number of hydrogen-bond donors (Lipinski definition) is 2. The summed E-state index contributed by atoms with van der Waals surface area (Å²) in [5.41, 5.74) is 7.90. The number of benzene rings is 2. The van der Waals surface area contributed by atoms with Crippen LogP contribution in [0.1, 0.15) is 30.0 Å². The zero-order valence-electron chi connectivity index (χ0n) is 19.3. The molecule has 184 valence electrons. The summed E-state index contributed by atoms with van der Waals surface area (Å²) < 4.78 is 0.757. The molecule has 4 aromatic rings. The van der Waals surface area contributed by atoms with Crippen LogP contribution < -0.4 is 15.5 Å². The molecule has 0 bridgehead atoms. The second-order valence-electron chi connectivity index (χ2n) is 8.51. The van der Waals surface area contributed by atoms with Gasteiger partial charge in [-0.2, -0.15) is 10.4 Å². The summed E-state index contributed by atoms with van der Waals surface area (Å²) in [5.74, 6) is -1.30. The first-order chi connectivity index (χ1) is 17.9. The minimum atomic E-state index is -1.14. The van der Waals surface area contributed by atoms with Gasteiger partial charge in [0.2, 0.25) is 11.8 Å². The number of aromatic amines is 1. The van der Waals surface area contributed by atoms with Crippen molar-refractivity contribution in [2.45, 2.75) is 24.9 Å². The molecule has 1 saturated heterocycles. The molecule has 3 amide bonds. The quantitative estimate of drug-likeness (QED) is 0.323. The third kappa shape index (κ3) is 4.51. The van der Waals surface area contributed by atoms with Crippen LogP contribution >= 0.6 is 22.6 Å². The molecule has 1 fully saturated rings. The van der Waals surface area contributed by atoms with Crippen molar-refractivity contribution in [3.8, 4) is 6.07 Å². The fourth-order valence-electron chi connectivity index (χ4n) is 4.58. The third-order valence-electron chi connectivity index (χ3n) is 6.29. The molecule has 5 rings (SSSR count). The van der Waals surface area contributed by atoms with Crippen molar-refractivity contribution in [1.29, 1.82) is 5.26 Å². The second kappa shape index (κ2) is 9.98. The number of pyridine rings is 1. The van der Waals surface area contributed by atoms with Crippen molar-refractivity contribution in [1.82, 2.24) is 15.2 Å². The number of nitrogens with one attached hydrogen (secondary N) is 1. The summed E-state index contributed by atoms with van der Waals surface area (Å²) in [7, 11) is 0. The number of nitrogens with zero attached hydrogens (tertiary/aromatic N) is 5. The average Bonchev–Trinajstić information content (AvgIpc) is 3.53. The van der Waals surface area contributed by atoms with Crippen LogP contribution in [-0.2, 0) is 14.4 Å². The molecule has 0 aliphatic carbocycles. The maximum atomic E-state index is 14.3. The lowest BCUT2D eigenvalue weighted by molar-refractivity contribution is -0.125. The van der Waals surface area contributed by atoms with Gasteiger partial charge in [0, 0.05) is 27.3 Å². The molecule has 0 unspecified atom stereocenters. The summed E-state index contributed by atoms with van der Waals surface area (Å²) in [4.78, 5) is 47.2. The first kappa shape index (κ1) is 24.4. The maximum absolute atomic E-state index is 14.3. The molecule has 3 heterocycles. The van der Waals surface area contributed by atoms with E-state index < -0.39 is 23.9 Å². The largest absolute Gasteiger partial charge is 0.368 e. The molecule has 2 aromatic carbocycles. The van der Waals surface area contributed by atoms with Crippen LogP contribution in [0.15, 0.2) is 67.0 Å². The highest BCUT2D eigenvalue weighted by molar-refractivity contribution is 14.1. The lowest BCUT2D eigenvalue weighted by atomic mass is 10.0. The molecule has 2 atom stereocenters.